The van der Waals surface area contributed by atoms with Gasteiger partial charge in [-0.2, -0.15) is 0 Å². The summed E-state index contributed by atoms with van der Waals surface area (Å²) >= 11 is 0. The van der Waals surface area contributed by atoms with Crippen LogP contribution in [0.3, 0.4) is 0 Å². The maximum atomic E-state index is 14.6. The summed E-state index contributed by atoms with van der Waals surface area (Å²) in [6, 6.07) is 0. The summed E-state index contributed by atoms with van der Waals surface area (Å²) < 4.78 is 36.1. The zero-order valence-electron chi connectivity index (χ0n) is 69.9. The highest BCUT2D eigenvalue weighted by Gasteiger charge is 2.32. The molecule has 0 rings (SSSR count). The Balaban J connectivity index is 6.55. The van der Waals surface area contributed by atoms with E-state index in [4.69, 9.17) is 28.4 Å². The van der Waals surface area contributed by atoms with Crippen LogP contribution in [0.1, 0.15) is 485 Å². The van der Waals surface area contributed by atoms with Gasteiger partial charge in [0.1, 0.15) is 13.2 Å². The molecule has 105 heavy (non-hydrogen) atoms. The van der Waals surface area contributed by atoms with Crippen LogP contribution in [0.25, 0.3) is 0 Å². The Morgan fingerprint density at radius 3 is 0.610 bits per heavy atom. The summed E-state index contributed by atoms with van der Waals surface area (Å²) in [7, 11) is 0. The van der Waals surface area contributed by atoms with E-state index in [1.807, 2.05) is 0 Å². The molecule has 0 saturated carbocycles. The predicted octanol–water partition coefficient (Wildman–Crippen LogP) is 28.4. The molecule has 0 aromatic heterocycles. The van der Waals surface area contributed by atoms with E-state index in [0.717, 1.165) is 193 Å². The average molecular weight is 1480 g/mol. The molecule has 12 nitrogen and oxygen atoms in total. The van der Waals surface area contributed by atoms with E-state index in [0.29, 0.717) is 38.5 Å². The summed E-state index contributed by atoms with van der Waals surface area (Å²) in [4.78, 5) is 84.1. The van der Waals surface area contributed by atoms with Crippen LogP contribution in [0.5, 0.6) is 0 Å². The number of rotatable bonds is 83. The Kier molecular flexibility index (Phi) is 79.4. The molecule has 3 unspecified atom stereocenters. The minimum absolute atomic E-state index is 0.171. The van der Waals surface area contributed by atoms with Gasteiger partial charge in [-0.25, -0.2) is 14.4 Å². The van der Waals surface area contributed by atoms with E-state index < -0.39 is 73.4 Å². The third kappa shape index (κ3) is 72.7. The molecule has 0 spiro atoms. The lowest BCUT2D eigenvalue weighted by molar-refractivity contribution is -0.185. The van der Waals surface area contributed by atoms with Crippen molar-refractivity contribution in [3.63, 3.8) is 0 Å². The lowest BCUT2D eigenvalue weighted by atomic mass is 10.1. The van der Waals surface area contributed by atoms with Crippen molar-refractivity contribution in [1.29, 1.82) is 0 Å². The molecular weight excluding hydrogens is 1310 g/mol. The summed E-state index contributed by atoms with van der Waals surface area (Å²) in [5.41, 5.74) is 0. The first-order valence-electron chi connectivity index (χ1n) is 45.6. The minimum atomic E-state index is -1.32. The molecule has 0 radical (unpaired) electrons. The van der Waals surface area contributed by atoms with Gasteiger partial charge in [-0.1, -0.05) is 367 Å². The fraction of sp³-hybridized carbons (Fsp3) is 0.871. The molecule has 0 bridgehead atoms. The Bertz CT molecular complexity index is 1920. The van der Waals surface area contributed by atoms with Gasteiger partial charge in [0.15, 0.2) is 24.4 Å². The van der Waals surface area contributed by atoms with Gasteiger partial charge in [0.25, 0.3) is 0 Å². The molecule has 12 heteroatoms. The summed E-state index contributed by atoms with van der Waals surface area (Å²) in [5.74, 6) is -3.70. The molecule has 3 atom stereocenters. The SMILES string of the molecule is CCCCCCCCC=CCCCCCCCC(=O)OC(CCCCCCCCCC)C(=O)OCC(COC(=O)C(CCCCCCCCCC)OC(=O)CCCCCCCC=CCCCCCCCC)OC(=O)C(CCCCCCCCCC)OC(=O)CCCCCCCC=CCCCCCCCC. The Labute approximate surface area is 648 Å². The second kappa shape index (κ2) is 82.5. The fourth-order valence-electron chi connectivity index (χ4n) is 13.6. The quantitative estimate of drug-likeness (QED) is 0.0246. The van der Waals surface area contributed by atoms with E-state index in [1.165, 1.54) is 173 Å². The highest BCUT2D eigenvalue weighted by Crippen LogP contribution is 2.22. The molecule has 0 amide bonds. The van der Waals surface area contributed by atoms with E-state index in [2.05, 4.69) is 78.0 Å². The third-order valence-corrected chi connectivity index (χ3v) is 20.6. The van der Waals surface area contributed by atoms with Crippen LogP contribution >= 0.6 is 0 Å². The number of ether oxygens (including phenoxy) is 6. The Hall–Kier alpha value is -3.96. The molecule has 0 aliphatic heterocycles. The Morgan fingerprint density at radius 2 is 0.390 bits per heavy atom. The molecule has 0 N–H and O–H groups in total. The highest BCUT2D eigenvalue weighted by molar-refractivity contribution is 5.81. The molecule has 0 heterocycles. The lowest BCUT2D eigenvalue weighted by Crippen LogP contribution is -2.39. The van der Waals surface area contributed by atoms with Crippen LogP contribution in [0, 0.1) is 0 Å². The van der Waals surface area contributed by atoms with Crippen molar-refractivity contribution in [3.8, 4) is 0 Å². The van der Waals surface area contributed by atoms with E-state index in [9.17, 15) is 28.8 Å². The van der Waals surface area contributed by atoms with Gasteiger partial charge >= 0.3 is 35.8 Å². The first kappa shape index (κ1) is 101. The largest absolute Gasteiger partial charge is 0.459 e. The van der Waals surface area contributed by atoms with E-state index in [1.54, 1.807) is 0 Å². The zero-order valence-corrected chi connectivity index (χ0v) is 69.9. The van der Waals surface area contributed by atoms with Crippen LogP contribution in [-0.2, 0) is 57.2 Å². The van der Waals surface area contributed by atoms with E-state index >= 15 is 0 Å². The maximum absolute atomic E-state index is 14.6. The molecular formula is C93H170O12. The zero-order chi connectivity index (χ0) is 76.5. The molecule has 614 valence electrons. The first-order valence-corrected chi connectivity index (χ1v) is 45.6. The molecule has 0 aromatic carbocycles. The van der Waals surface area contributed by atoms with Crippen molar-refractivity contribution in [2.24, 2.45) is 0 Å². The predicted molar refractivity (Wildman–Crippen MR) is 441 cm³/mol. The number of unbranched alkanes of at least 4 members (excludes halogenated alkanes) is 54. The van der Waals surface area contributed by atoms with Crippen molar-refractivity contribution in [1.82, 2.24) is 0 Å². The monoisotopic (exact) mass is 1480 g/mol. The summed E-state index contributed by atoms with van der Waals surface area (Å²) in [6.45, 7) is 12.4. The topological polar surface area (TPSA) is 158 Å². The van der Waals surface area contributed by atoms with Gasteiger partial charge in [-0.15, -0.1) is 0 Å². The summed E-state index contributed by atoms with van der Waals surface area (Å²) in [5, 5.41) is 0. The van der Waals surface area contributed by atoms with Gasteiger partial charge in [-0.3, -0.25) is 14.4 Å². The van der Waals surface area contributed by atoms with Gasteiger partial charge < -0.3 is 28.4 Å². The van der Waals surface area contributed by atoms with Gasteiger partial charge in [0, 0.05) is 19.3 Å². The van der Waals surface area contributed by atoms with Crippen LogP contribution < -0.4 is 0 Å². The van der Waals surface area contributed by atoms with Crippen LogP contribution in [-0.4, -0.2) is 73.4 Å². The van der Waals surface area contributed by atoms with Crippen molar-refractivity contribution in [2.45, 2.75) is 509 Å². The number of allylic oxidation sites excluding steroid dienone is 6. The van der Waals surface area contributed by atoms with Crippen molar-refractivity contribution >= 4 is 35.8 Å². The van der Waals surface area contributed by atoms with Crippen LogP contribution in [0.15, 0.2) is 36.5 Å². The molecule has 0 aliphatic rings. The fourth-order valence-corrected chi connectivity index (χ4v) is 13.6. The Morgan fingerprint density at radius 1 is 0.210 bits per heavy atom. The van der Waals surface area contributed by atoms with E-state index in [-0.39, 0.29) is 38.5 Å². The second-order valence-corrected chi connectivity index (χ2v) is 31.0. The number of esters is 6. The van der Waals surface area contributed by atoms with Crippen molar-refractivity contribution < 1.29 is 57.2 Å². The summed E-state index contributed by atoms with van der Waals surface area (Å²) in [6.07, 6.45) is 80.0. The normalized spacial score (nSPS) is 12.9. The maximum Gasteiger partial charge on any atom is 0.347 e. The first-order chi connectivity index (χ1) is 51.6. The number of hydrogen-bond acceptors (Lipinski definition) is 12. The second-order valence-electron chi connectivity index (χ2n) is 31.0. The molecule has 0 aromatic rings. The third-order valence-electron chi connectivity index (χ3n) is 20.6. The number of hydrogen-bond donors (Lipinski definition) is 0. The highest BCUT2D eigenvalue weighted by atomic mass is 16.6. The molecule has 0 fully saturated rings. The number of carbonyl (C=O) groups is 6. The minimum Gasteiger partial charge on any atom is -0.459 e. The van der Waals surface area contributed by atoms with Gasteiger partial charge in [0.05, 0.1) is 0 Å². The molecule has 0 aliphatic carbocycles. The van der Waals surface area contributed by atoms with Crippen molar-refractivity contribution in [2.75, 3.05) is 13.2 Å². The van der Waals surface area contributed by atoms with Crippen LogP contribution in [0.4, 0.5) is 0 Å². The standard InChI is InChI=1S/C93H170O12/c1-7-13-19-25-31-37-40-43-46-49-52-55-61-67-73-79-88(94)103-85(76-70-64-58-34-28-22-16-10-4)91(97)100-82-84(102-93(99)87(78-72-66-60-36-30-24-18-12-6)105-90(96)81-75-69-63-57-54-51-48-45-42-39-33-27-21-15-9-3)83-101-92(98)86(77-71-65-59-35-29-23-17-11-5)104-89(95)80-74-68-62-56-53-50-47-44-41-38-32-26-20-14-8-2/h43-48,84-87H,7-42,49-83H2,1-6H3. The lowest BCUT2D eigenvalue weighted by Gasteiger charge is -2.24. The van der Waals surface area contributed by atoms with Gasteiger partial charge in [-0.05, 0) is 135 Å². The smallest absolute Gasteiger partial charge is 0.347 e. The molecule has 0 saturated heterocycles. The number of carbonyl (C=O) groups excluding carboxylic acids is 6. The average Bonchev–Trinajstić information content (AvgIpc) is 0.902. The van der Waals surface area contributed by atoms with Crippen molar-refractivity contribution in [3.05, 3.63) is 36.5 Å². The van der Waals surface area contributed by atoms with Gasteiger partial charge in [0.2, 0.25) is 0 Å². The van der Waals surface area contributed by atoms with Crippen LogP contribution in [0.2, 0.25) is 0 Å².